The molecule has 3 aromatic heterocycles. The minimum Gasteiger partial charge on any atom is -0.309 e. The summed E-state index contributed by atoms with van der Waals surface area (Å²) < 4.78 is 7.86. The van der Waals surface area contributed by atoms with Gasteiger partial charge in [-0.1, -0.05) is 158 Å². The highest BCUT2D eigenvalue weighted by atomic mass is 32.1. The highest BCUT2D eigenvalue weighted by Gasteiger charge is 2.22. The average Bonchev–Trinajstić information content (AvgIpc) is 4.06. The van der Waals surface area contributed by atoms with Crippen LogP contribution in [0.3, 0.4) is 0 Å². The predicted octanol–water partition coefficient (Wildman–Crippen LogP) is 18.9. The first-order valence-corrected chi connectivity index (χ1v) is 24.1. The van der Waals surface area contributed by atoms with Crippen molar-refractivity contribution in [3.8, 4) is 44.5 Å². The molecule has 0 aliphatic heterocycles. The second-order valence-electron chi connectivity index (χ2n) is 16.4. The Labute approximate surface area is 383 Å². The molecule has 300 valence electrons. The first-order chi connectivity index (χ1) is 31.7. The molecule has 13 rings (SSSR count). The Balaban J connectivity index is 0.984. The van der Waals surface area contributed by atoms with Crippen LogP contribution in [0.5, 0.6) is 0 Å². The Bertz CT molecular complexity index is 3720. The van der Waals surface area contributed by atoms with Crippen LogP contribution < -0.4 is 4.90 Å². The summed E-state index contributed by atoms with van der Waals surface area (Å²) in [7, 11) is 0. The van der Waals surface area contributed by atoms with E-state index < -0.39 is 0 Å². The lowest BCUT2D eigenvalue weighted by Gasteiger charge is -2.26. The van der Waals surface area contributed by atoms with Crippen molar-refractivity contribution in [3.05, 3.63) is 224 Å². The molecule has 10 aromatic carbocycles. The number of hydrogen-bond donors (Lipinski definition) is 0. The van der Waals surface area contributed by atoms with E-state index in [1.807, 2.05) is 34.0 Å². The first-order valence-electron chi connectivity index (χ1n) is 21.6. The molecule has 13 aromatic rings. The van der Waals surface area contributed by atoms with E-state index in [4.69, 9.17) is 0 Å². The van der Waals surface area contributed by atoms with E-state index in [0.29, 0.717) is 0 Å². The first kappa shape index (κ1) is 37.2. The van der Waals surface area contributed by atoms with Gasteiger partial charge < -0.3 is 4.90 Å². The van der Waals surface area contributed by atoms with E-state index in [1.165, 1.54) is 105 Å². The van der Waals surface area contributed by atoms with Gasteiger partial charge in [-0.25, -0.2) is 0 Å². The molecule has 0 N–H and O–H groups in total. The minimum atomic E-state index is 1.11. The standard InChI is InChI=1S/C60H37NS3/c1-3-12-40(13-4-1)46-32-33-47(41-14-5-2-6-15-41)60-58(46)50-18-11-19-53(59(50)64-60)61(44-28-22-38(23-29-44)42-26-34-56-51(36-42)48-16-7-9-20-54(48)62-56)45-30-24-39(25-31-45)43-27-35-57-52(37-43)49-17-8-10-21-55(49)63-57/h1-37H. The zero-order chi connectivity index (χ0) is 42.1. The fourth-order valence-electron chi connectivity index (χ4n) is 9.61. The lowest BCUT2D eigenvalue weighted by atomic mass is 9.95. The van der Waals surface area contributed by atoms with E-state index >= 15 is 0 Å². The molecule has 0 saturated heterocycles. The fourth-order valence-corrected chi connectivity index (χ4v) is 13.1. The van der Waals surface area contributed by atoms with Crippen LogP contribution in [0.25, 0.3) is 105 Å². The van der Waals surface area contributed by atoms with Gasteiger partial charge in [-0.15, -0.1) is 34.0 Å². The molecule has 1 nitrogen and oxygen atoms in total. The summed E-state index contributed by atoms with van der Waals surface area (Å²) >= 11 is 5.63. The number of anilines is 3. The van der Waals surface area contributed by atoms with Crippen molar-refractivity contribution in [2.75, 3.05) is 4.90 Å². The average molecular weight is 868 g/mol. The zero-order valence-electron chi connectivity index (χ0n) is 34.5. The highest BCUT2D eigenvalue weighted by Crippen LogP contribution is 2.50. The molecule has 0 atom stereocenters. The van der Waals surface area contributed by atoms with Crippen molar-refractivity contribution >= 4 is 112 Å². The number of hydrogen-bond acceptors (Lipinski definition) is 4. The summed E-state index contributed by atoms with van der Waals surface area (Å²) in [5.74, 6) is 0. The molecule has 0 aliphatic rings. The summed E-state index contributed by atoms with van der Waals surface area (Å²) in [6.45, 7) is 0. The van der Waals surface area contributed by atoms with Crippen LogP contribution in [0.4, 0.5) is 17.1 Å². The smallest absolute Gasteiger partial charge is 0.0640 e. The number of thiophene rings is 3. The molecular weight excluding hydrogens is 831 g/mol. The van der Waals surface area contributed by atoms with Crippen molar-refractivity contribution in [3.63, 3.8) is 0 Å². The van der Waals surface area contributed by atoms with E-state index in [1.54, 1.807) is 0 Å². The van der Waals surface area contributed by atoms with E-state index in [9.17, 15) is 0 Å². The van der Waals surface area contributed by atoms with Crippen LogP contribution in [0.2, 0.25) is 0 Å². The van der Waals surface area contributed by atoms with Gasteiger partial charge in [0.05, 0.1) is 10.4 Å². The van der Waals surface area contributed by atoms with Gasteiger partial charge in [0, 0.05) is 67.2 Å². The Morgan fingerprint density at radius 3 is 1.28 bits per heavy atom. The van der Waals surface area contributed by atoms with E-state index in [-0.39, 0.29) is 0 Å². The molecule has 0 fully saturated rings. The summed E-state index contributed by atoms with van der Waals surface area (Å²) in [6.07, 6.45) is 0. The molecule has 0 spiro atoms. The Morgan fingerprint density at radius 1 is 0.266 bits per heavy atom. The second-order valence-corrected chi connectivity index (χ2v) is 19.6. The largest absolute Gasteiger partial charge is 0.309 e. The van der Waals surface area contributed by atoms with Crippen molar-refractivity contribution in [1.29, 1.82) is 0 Å². The zero-order valence-corrected chi connectivity index (χ0v) is 37.0. The van der Waals surface area contributed by atoms with Crippen LogP contribution >= 0.6 is 34.0 Å². The maximum Gasteiger partial charge on any atom is 0.0640 e. The monoisotopic (exact) mass is 867 g/mol. The summed E-state index contributed by atoms with van der Waals surface area (Å²) in [5, 5.41) is 7.84. The Morgan fingerprint density at radius 2 is 0.719 bits per heavy atom. The third kappa shape index (κ3) is 6.17. The Hall–Kier alpha value is -7.34. The number of rotatable bonds is 7. The minimum absolute atomic E-state index is 1.11. The van der Waals surface area contributed by atoms with Gasteiger partial charge >= 0.3 is 0 Å². The summed E-state index contributed by atoms with van der Waals surface area (Å²) in [6, 6.07) is 82.8. The lowest BCUT2D eigenvalue weighted by Crippen LogP contribution is -2.10. The quantitative estimate of drug-likeness (QED) is 0.154. The molecule has 4 heteroatoms. The molecule has 3 heterocycles. The van der Waals surface area contributed by atoms with E-state index in [0.717, 1.165) is 17.1 Å². The van der Waals surface area contributed by atoms with Crippen molar-refractivity contribution in [1.82, 2.24) is 0 Å². The summed E-state index contributed by atoms with van der Waals surface area (Å²) in [4.78, 5) is 2.46. The lowest BCUT2D eigenvalue weighted by molar-refractivity contribution is 1.30. The number of nitrogens with zero attached hydrogens (tertiary/aromatic N) is 1. The van der Waals surface area contributed by atoms with Gasteiger partial charge in [-0.05, 0) is 111 Å². The molecule has 0 bridgehead atoms. The van der Waals surface area contributed by atoms with Crippen LogP contribution in [0, 0.1) is 0 Å². The summed E-state index contributed by atoms with van der Waals surface area (Å²) in [5.41, 5.74) is 13.2. The van der Waals surface area contributed by atoms with Crippen LogP contribution in [0.1, 0.15) is 0 Å². The second kappa shape index (κ2) is 15.2. The van der Waals surface area contributed by atoms with Gasteiger partial charge in [0.2, 0.25) is 0 Å². The van der Waals surface area contributed by atoms with Crippen molar-refractivity contribution in [2.24, 2.45) is 0 Å². The van der Waals surface area contributed by atoms with Gasteiger partial charge in [-0.2, -0.15) is 0 Å². The third-order valence-corrected chi connectivity index (χ3v) is 16.3. The molecule has 0 amide bonds. The fraction of sp³-hybridized carbons (Fsp3) is 0. The van der Waals surface area contributed by atoms with Crippen molar-refractivity contribution < 1.29 is 0 Å². The Kier molecular flexibility index (Phi) is 8.83. The topological polar surface area (TPSA) is 3.24 Å². The molecule has 64 heavy (non-hydrogen) atoms. The molecule has 0 unspecified atom stereocenters. The maximum absolute atomic E-state index is 2.46. The van der Waals surface area contributed by atoms with Gasteiger partial charge in [0.15, 0.2) is 0 Å². The molecule has 0 radical (unpaired) electrons. The van der Waals surface area contributed by atoms with Gasteiger partial charge in [0.25, 0.3) is 0 Å². The van der Waals surface area contributed by atoms with Gasteiger partial charge in [0.1, 0.15) is 0 Å². The SMILES string of the molecule is c1ccc(-c2ccc(-c3ccccc3)c3c2sc2c(N(c4ccc(-c5ccc6sc7ccccc7c6c5)cc4)c4ccc(-c5ccc6sc7ccccc7c6c5)cc4)cccc23)cc1. The van der Waals surface area contributed by atoms with Crippen LogP contribution in [-0.2, 0) is 0 Å². The normalized spacial score (nSPS) is 11.8. The maximum atomic E-state index is 2.46. The molecule has 0 aliphatic carbocycles. The number of fused-ring (bicyclic) bond motifs is 9. The van der Waals surface area contributed by atoms with E-state index in [2.05, 4.69) is 229 Å². The molecule has 0 saturated carbocycles. The predicted molar refractivity (Wildman–Crippen MR) is 282 cm³/mol. The highest BCUT2D eigenvalue weighted by molar-refractivity contribution is 7.27. The van der Waals surface area contributed by atoms with Gasteiger partial charge in [-0.3, -0.25) is 0 Å². The number of benzene rings is 10. The van der Waals surface area contributed by atoms with Crippen molar-refractivity contribution in [2.45, 2.75) is 0 Å². The van der Waals surface area contributed by atoms with Crippen LogP contribution in [0.15, 0.2) is 224 Å². The third-order valence-electron chi connectivity index (χ3n) is 12.7. The van der Waals surface area contributed by atoms with Crippen LogP contribution in [-0.4, -0.2) is 0 Å². The molecular formula is C60H37NS3.